The van der Waals surface area contributed by atoms with Crippen molar-refractivity contribution in [1.82, 2.24) is 9.80 Å². The number of nitrogens with zero attached hydrogens (tertiary/aromatic N) is 2. The highest BCUT2D eigenvalue weighted by Gasteiger charge is 2.35. The van der Waals surface area contributed by atoms with E-state index in [1.165, 1.54) is 51.9 Å². The molecule has 2 fully saturated rings. The van der Waals surface area contributed by atoms with Crippen LogP contribution in [0.25, 0.3) is 0 Å². The average molecular weight is 225 g/mol. The van der Waals surface area contributed by atoms with Crippen LogP contribution >= 0.6 is 0 Å². The molecule has 94 valence electrons. The van der Waals surface area contributed by atoms with Gasteiger partial charge < -0.3 is 5.73 Å². The molecular weight excluding hydrogens is 198 g/mol. The maximum Gasteiger partial charge on any atom is 0.0276 e. The van der Waals surface area contributed by atoms with Gasteiger partial charge in [-0.3, -0.25) is 9.80 Å². The van der Waals surface area contributed by atoms with Gasteiger partial charge in [0.1, 0.15) is 0 Å². The third kappa shape index (κ3) is 2.58. The summed E-state index contributed by atoms with van der Waals surface area (Å²) in [5, 5.41) is 0. The second-order valence-corrected chi connectivity index (χ2v) is 6.00. The van der Waals surface area contributed by atoms with Crippen LogP contribution < -0.4 is 5.73 Å². The number of hydrogen-bond acceptors (Lipinski definition) is 3. The molecule has 0 aromatic carbocycles. The van der Waals surface area contributed by atoms with E-state index >= 15 is 0 Å². The predicted molar refractivity (Wildman–Crippen MR) is 68.5 cm³/mol. The lowest BCUT2D eigenvalue weighted by atomic mass is 10.0. The molecule has 0 aromatic heterocycles. The minimum atomic E-state index is 0.185. The Balaban J connectivity index is 1.87. The van der Waals surface area contributed by atoms with Crippen LogP contribution in [0.15, 0.2) is 0 Å². The van der Waals surface area contributed by atoms with Gasteiger partial charge in [-0.15, -0.1) is 0 Å². The molecule has 0 spiro atoms. The van der Waals surface area contributed by atoms with Gasteiger partial charge in [0, 0.05) is 31.2 Å². The van der Waals surface area contributed by atoms with Gasteiger partial charge in [0.25, 0.3) is 0 Å². The first kappa shape index (κ1) is 12.3. The number of rotatable bonds is 3. The molecule has 16 heavy (non-hydrogen) atoms. The Labute approximate surface area is 100.0 Å². The lowest BCUT2D eigenvalue weighted by Crippen LogP contribution is -2.50. The highest BCUT2D eigenvalue weighted by molar-refractivity contribution is 4.92. The van der Waals surface area contributed by atoms with Crippen LogP contribution in [0.2, 0.25) is 0 Å². The first-order valence-corrected chi connectivity index (χ1v) is 6.83. The van der Waals surface area contributed by atoms with Crippen molar-refractivity contribution in [2.24, 2.45) is 5.73 Å². The fourth-order valence-corrected chi connectivity index (χ4v) is 3.00. The first-order chi connectivity index (χ1) is 7.63. The van der Waals surface area contributed by atoms with Crippen LogP contribution in [0, 0.1) is 0 Å². The van der Waals surface area contributed by atoms with E-state index in [2.05, 4.69) is 23.6 Å². The Morgan fingerprint density at radius 3 is 2.44 bits per heavy atom. The van der Waals surface area contributed by atoms with Crippen LogP contribution in [0.3, 0.4) is 0 Å². The fraction of sp³-hybridized carbons (Fsp3) is 1.00. The van der Waals surface area contributed by atoms with Crippen molar-refractivity contribution in [1.29, 1.82) is 0 Å². The molecule has 0 amide bonds. The summed E-state index contributed by atoms with van der Waals surface area (Å²) in [5.41, 5.74) is 6.04. The third-order valence-electron chi connectivity index (χ3n) is 4.43. The highest BCUT2D eigenvalue weighted by Crippen LogP contribution is 2.25. The summed E-state index contributed by atoms with van der Waals surface area (Å²) in [6.07, 6.45) is 5.57. The maximum absolute atomic E-state index is 5.85. The molecule has 0 bridgehead atoms. The number of piperidine rings is 1. The van der Waals surface area contributed by atoms with Crippen molar-refractivity contribution < 1.29 is 0 Å². The van der Waals surface area contributed by atoms with E-state index in [0.717, 1.165) is 12.6 Å². The largest absolute Gasteiger partial charge is 0.329 e. The summed E-state index contributed by atoms with van der Waals surface area (Å²) < 4.78 is 0. The number of likely N-dealkylation sites (tertiary alicyclic amines) is 2. The Bertz CT molecular complexity index is 221. The van der Waals surface area contributed by atoms with E-state index in [-0.39, 0.29) is 5.54 Å². The monoisotopic (exact) mass is 225 g/mol. The zero-order valence-electron chi connectivity index (χ0n) is 10.9. The van der Waals surface area contributed by atoms with Gasteiger partial charge in [-0.1, -0.05) is 6.42 Å². The summed E-state index contributed by atoms with van der Waals surface area (Å²) in [6.45, 7) is 10.4. The average Bonchev–Trinajstić information content (AvgIpc) is 2.80. The Kier molecular flexibility index (Phi) is 3.88. The smallest absolute Gasteiger partial charge is 0.0276 e. The summed E-state index contributed by atoms with van der Waals surface area (Å²) in [5.74, 6) is 0. The molecule has 1 unspecified atom stereocenters. The van der Waals surface area contributed by atoms with Gasteiger partial charge in [-0.2, -0.15) is 0 Å². The van der Waals surface area contributed by atoms with Crippen LogP contribution in [0.5, 0.6) is 0 Å². The molecule has 2 rings (SSSR count). The van der Waals surface area contributed by atoms with E-state index in [9.17, 15) is 0 Å². The maximum atomic E-state index is 5.85. The Morgan fingerprint density at radius 2 is 1.81 bits per heavy atom. The molecule has 0 aromatic rings. The molecule has 2 N–H and O–H groups in total. The molecule has 2 heterocycles. The van der Waals surface area contributed by atoms with Crippen LogP contribution in [0.4, 0.5) is 0 Å². The van der Waals surface area contributed by atoms with Crippen molar-refractivity contribution in [3.05, 3.63) is 0 Å². The van der Waals surface area contributed by atoms with Crippen molar-refractivity contribution >= 4 is 0 Å². The fourth-order valence-electron chi connectivity index (χ4n) is 3.00. The molecule has 0 aliphatic carbocycles. The first-order valence-electron chi connectivity index (χ1n) is 6.83. The van der Waals surface area contributed by atoms with E-state index in [4.69, 9.17) is 5.73 Å². The summed E-state index contributed by atoms with van der Waals surface area (Å²) in [6, 6.07) is 0.797. The lowest BCUT2D eigenvalue weighted by Gasteiger charge is -2.36. The number of hydrogen-bond donors (Lipinski definition) is 1. The van der Waals surface area contributed by atoms with E-state index in [0.29, 0.717) is 0 Å². The van der Waals surface area contributed by atoms with Gasteiger partial charge in [-0.25, -0.2) is 0 Å². The standard InChI is InChI=1S/C13H27N3/c1-13(2,11-14)16-9-6-12(10-16)15-7-4-3-5-8-15/h12H,3-11,14H2,1-2H3. The van der Waals surface area contributed by atoms with E-state index in [1.807, 2.05) is 0 Å². The Morgan fingerprint density at radius 1 is 1.12 bits per heavy atom. The van der Waals surface area contributed by atoms with Gasteiger partial charge in [-0.05, 0) is 46.2 Å². The van der Waals surface area contributed by atoms with Crippen LogP contribution in [-0.2, 0) is 0 Å². The van der Waals surface area contributed by atoms with Crippen molar-refractivity contribution in [3.63, 3.8) is 0 Å². The van der Waals surface area contributed by atoms with Gasteiger partial charge in [0.05, 0.1) is 0 Å². The topological polar surface area (TPSA) is 32.5 Å². The van der Waals surface area contributed by atoms with Crippen molar-refractivity contribution in [2.45, 2.75) is 51.1 Å². The lowest BCUT2D eigenvalue weighted by molar-refractivity contribution is 0.125. The normalized spacial score (nSPS) is 29.8. The quantitative estimate of drug-likeness (QED) is 0.785. The molecule has 0 radical (unpaired) electrons. The van der Waals surface area contributed by atoms with Crippen LogP contribution in [-0.4, -0.2) is 54.1 Å². The zero-order chi connectivity index (χ0) is 11.6. The molecule has 2 saturated heterocycles. The molecule has 0 saturated carbocycles. The molecule has 3 nitrogen and oxygen atoms in total. The van der Waals surface area contributed by atoms with E-state index < -0.39 is 0 Å². The molecule has 2 aliphatic heterocycles. The Hall–Kier alpha value is -0.120. The zero-order valence-corrected chi connectivity index (χ0v) is 10.9. The highest BCUT2D eigenvalue weighted by atomic mass is 15.3. The summed E-state index contributed by atoms with van der Waals surface area (Å²) >= 11 is 0. The van der Waals surface area contributed by atoms with Gasteiger partial charge in [0.15, 0.2) is 0 Å². The second kappa shape index (κ2) is 5.03. The van der Waals surface area contributed by atoms with Crippen LogP contribution in [0.1, 0.15) is 39.5 Å². The third-order valence-corrected chi connectivity index (χ3v) is 4.43. The van der Waals surface area contributed by atoms with Crippen molar-refractivity contribution in [2.75, 3.05) is 32.7 Å². The minimum Gasteiger partial charge on any atom is -0.329 e. The molecular formula is C13H27N3. The summed E-state index contributed by atoms with van der Waals surface area (Å²) in [4.78, 5) is 5.28. The second-order valence-electron chi connectivity index (χ2n) is 6.00. The summed E-state index contributed by atoms with van der Waals surface area (Å²) in [7, 11) is 0. The molecule has 2 aliphatic rings. The minimum absolute atomic E-state index is 0.185. The van der Waals surface area contributed by atoms with E-state index in [1.54, 1.807) is 0 Å². The number of nitrogens with two attached hydrogens (primary N) is 1. The van der Waals surface area contributed by atoms with Gasteiger partial charge in [0.2, 0.25) is 0 Å². The van der Waals surface area contributed by atoms with Gasteiger partial charge >= 0.3 is 0 Å². The predicted octanol–water partition coefficient (Wildman–Crippen LogP) is 1.28. The van der Waals surface area contributed by atoms with Crippen molar-refractivity contribution in [3.8, 4) is 0 Å². The molecule has 1 atom stereocenters. The molecule has 3 heteroatoms. The SMILES string of the molecule is CC(C)(CN)N1CCC(N2CCCCC2)C1.